The van der Waals surface area contributed by atoms with Crippen molar-refractivity contribution in [3.05, 3.63) is 29.6 Å². The van der Waals surface area contributed by atoms with E-state index < -0.39 is 5.97 Å². The third-order valence-electron chi connectivity index (χ3n) is 3.42. The van der Waals surface area contributed by atoms with Gasteiger partial charge in [0.1, 0.15) is 5.69 Å². The Morgan fingerprint density at radius 1 is 1.44 bits per heavy atom. The van der Waals surface area contributed by atoms with Crippen molar-refractivity contribution in [3.8, 4) is 0 Å². The molecular weight excluding hydrogens is 232 g/mol. The van der Waals surface area contributed by atoms with Crippen molar-refractivity contribution in [2.45, 2.75) is 32.2 Å². The first-order chi connectivity index (χ1) is 8.58. The number of hydrogen-bond acceptors (Lipinski definition) is 3. The third-order valence-corrected chi connectivity index (χ3v) is 3.42. The molecule has 0 spiro atoms. The maximum absolute atomic E-state index is 12.0. The van der Waals surface area contributed by atoms with Crippen molar-refractivity contribution in [2.75, 3.05) is 0 Å². The number of aromatic nitrogens is 1. The van der Waals surface area contributed by atoms with E-state index in [4.69, 9.17) is 5.11 Å². The van der Waals surface area contributed by atoms with Gasteiger partial charge in [-0.2, -0.15) is 0 Å². The molecule has 1 aliphatic rings. The number of carboxylic acid groups (broad SMARTS) is 1. The van der Waals surface area contributed by atoms with Gasteiger partial charge in [0, 0.05) is 17.8 Å². The molecule has 1 heterocycles. The van der Waals surface area contributed by atoms with Crippen LogP contribution in [0.1, 0.15) is 47.0 Å². The van der Waals surface area contributed by atoms with Gasteiger partial charge in [-0.15, -0.1) is 0 Å². The minimum atomic E-state index is -1.13. The van der Waals surface area contributed by atoms with Gasteiger partial charge in [-0.05, 0) is 30.9 Å². The van der Waals surface area contributed by atoms with E-state index in [2.05, 4.69) is 17.2 Å². The molecule has 2 atom stereocenters. The first kappa shape index (κ1) is 12.5. The molecule has 18 heavy (non-hydrogen) atoms. The normalized spacial score (nSPS) is 22.7. The van der Waals surface area contributed by atoms with Crippen molar-refractivity contribution >= 4 is 11.9 Å². The van der Waals surface area contributed by atoms with Crippen LogP contribution in [0.2, 0.25) is 0 Å². The van der Waals surface area contributed by atoms with Crippen LogP contribution in [-0.2, 0) is 0 Å². The number of rotatable bonds is 3. The van der Waals surface area contributed by atoms with Crippen molar-refractivity contribution in [2.24, 2.45) is 5.92 Å². The Kier molecular flexibility index (Phi) is 3.60. The Hall–Kier alpha value is -1.91. The maximum atomic E-state index is 12.0. The van der Waals surface area contributed by atoms with Crippen LogP contribution in [0.3, 0.4) is 0 Å². The quantitative estimate of drug-likeness (QED) is 0.853. The van der Waals surface area contributed by atoms with Crippen LogP contribution >= 0.6 is 0 Å². The zero-order chi connectivity index (χ0) is 13.1. The van der Waals surface area contributed by atoms with Gasteiger partial charge in [0.15, 0.2) is 0 Å². The van der Waals surface area contributed by atoms with Crippen LogP contribution in [0, 0.1) is 5.92 Å². The van der Waals surface area contributed by atoms with Crippen LogP contribution in [-0.4, -0.2) is 28.0 Å². The largest absolute Gasteiger partial charge is 0.477 e. The molecule has 0 aromatic carbocycles. The molecule has 0 bridgehead atoms. The van der Waals surface area contributed by atoms with E-state index in [1.807, 2.05) is 0 Å². The summed E-state index contributed by atoms with van der Waals surface area (Å²) in [6.45, 7) is 2.12. The number of carbonyl (C=O) groups excluding carboxylic acids is 1. The number of nitrogens with zero attached hydrogens (tertiary/aromatic N) is 1. The lowest BCUT2D eigenvalue weighted by molar-refractivity contribution is 0.0690. The Morgan fingerprint density at radius 3 is 2.83 bits per heavy atom. The summed E-state index contributed by atoms with van der Waals surface area (Å²) in [5, 5.41) is 11.8. The molecule has 5 heteroatoms. The summed E-state index contributed by atoms with van der Waals surface area (Å²) in [6.07, 6.45) is 4.59. The fraction of sp³-hybridized carbons (Fsp3) is 0.462. The maximum Gasteiger partial charge on any atom is 0.354 e. The molecule has 5 nitrogen and oxygen atoms in total. The van der Waals surface area contributed by atoms with Gasteiger partial charge in [-0.1, -0.05) is 13.3 Å². The SMILES string of the molecule is CC1CCCC1NC(=O)c1ccnc(C(=O)O)c1. The highest BCUT2D eigenvalue weighted by atomic mass is 16.4. The smallest absolute Gasteiger partial charge is 0.354 e. The number of amides is 1. The summed E-state index contributed by atoms with van der Waals surface area (Å²) in [4.78, 5) is 26.5. The summed E-state index contributed by atoms with van der Waals surface area (Å²) in [5.74, 6) is -0.868. The summed E-state index contributed by atoms with van der Waals surface area (Å²) in [5.41, 5.74) is 0.239. The molecule has 1 amide bonds. The molecule has 1 fully saturated rings. The monoisotopic (exact) mass is 248 g/mol. The number of hydrogen-bond donors (Lipinski definition) is 2. The summed E-state index contributed by atoms with van der Waals surface area (Å²) < 4.78 is 0. The second-order valence-electron chi connectivity index (χ2n) is 4.72. The number of carboxylic acids is 1. The zero-order valence-electron chi connectivity index (χ0n) is 10.2. The third kappa shape index (κ3) is 2.67. The minimum Gasteiger partial charge on any atom is -0.477 e. The van der Waals surface area contributed by atoms with Crippen molar-refractivity contribution in [1.29, 1.82) is 0 Å². The van der Waals surface area contributed by atoms with E-state index in [-0.39, 0.29) is 17.6 Å². The lowest BCUT2D eigenvalue weighted by Gasteiger charge is -2.17. The van der Waals surface area contributed by atoms with Gasteiger partial charge in [0.25, 0.3) is 5.91 Å². The van der Waals surface area contributed by atoms with Crippen molar-refractivity contribution in [3.63, 3.8) is 0 Å². The first-order valence-corrected chi connectivity index (χ1v) is 6.08. The van der Waals surface area contributed by atoms with Crippen LogP contribution in [0.25, 0.3) is 0 Å². The molecule has 0 aliphatic heterocycles. The number of aromatic carboxylic acids is 1. The van der Waals surface area contributed by atoms with E-state index in [0.717, 1.165) is 19.3 Å². The molecule has 96 valence electrons. The van der Waals surface area contributed by atoms with Crippen LogP contribution < -0.4 is 5.32 Å². The van der Waals surface area contributed by atoms with E-state index in [9.17, 15) is 9.59 Å². The van der Waals surface area contributed by atoms with Crippen molar-refractivity contribution in [1.82, 2.24) is 10.3 Å². The Balaban J connectivity index is 2.09. The van der Waals surface area contributed by atoms with Gasteiger partial charge in [-0.3, -0.25) is 4.79 Å². The second kappa shape index (κ2) is 5.16. The van der Waals surface area contributed by atoms with E-state index >= 15 is 0 Å². The lowest BCUT2D eigenvalue weighted by atomic mass is 10.1. The van der Waals surface area contributed by atoms with Crippen LogP contribution in [0.4, 0.5) is 0 Å². The highest BCUT2D eigenvalue weighted by Crippen LogP contribution is 2.25. The molecule has 0 radical (unpaired) electrons. The first-order valence-electron chi connectivity index (χ1n) is 6.08. The van der Waals surface area contributed by atoms with Gasteiger partial charge in [0.2, 0.25) is 0 Å². The summed E-state index contributed by atoms with van der Waals surface area (Å²) >= 11 is 0. The Labute approximate surface area is 105 Å². The fourth-order valence-electron chi connectivity index (χ4n) is 2.30. The van der Waals surface area contributed by atoms with Crippen LogP contribution in [0.5, 0.6) is 0 Å². The second-order valence-corrected chi connectivity index (χ2v) is 4.72. The predicted octanol–water partition coefficient (Wildman–Crippen LogP) is 1.70. The van der Waals surface area contributed by atoms with Gasteiger partial charge in [-0.25, -0.2) is 9.78 Å². The molecule has 2 N–H and O–H groups in total. The lowest BCUT2D eigenvalue weighted by Crippen LogP contribution is -2.36. The average molecular weight is 248 g/mol. The number of carbonyl (C=O) groups is 2. The Morgan fingerprint density at radius 2 is 2.22 bits per heavy atom. The topological polar surface area (TPSA) is 79.3 Å². The standard InChI is InChI=1S/C13H16N2O3/c1-8-3-2-4-10(8)15-12(16)9-5-6-14-11(7-9)13(17)18/h5-8,10H,2-4H2,1H3,(H,15,16)(H,17,18). The molecule has 1 aliphatic carbocycles. The molecule has 1 aromatic rings. The number of nitrogens with one attached hydrogen (secondary N) is 1. The highest BCUT2D eigenvalue weighted by molar-refractivity contribution is 5.96. The van der Waals surface area contributed by atoms with Gasteiger partial charge >= 0.3 is 5.97 Å². The van der Waals surface area contributed by atoms with Gasteiger partial charge in [0.05, 0.1) is 0 Å². The number of pyridine rings is 1. The molecule has 0 saturated heterocycles. The average Bonchev–Trinajstić information content (AvgIpc) is 2.75. The zero-order valence-corrected chi connectivity index (χ0v) is 10.2. The highest BCUT2D eigenvalue weighted by Gasteiger charge is 2.25. The minimum absolute atomic E-state index is 0.109. The van der Waals surface area contributed by atoms with Gasteiger partial charge < -0.3 is 10.4 Å². The molecule has 2 unspecified atom stereocenters. The van der Waals surface area contributed by atoms with E-state index in [1.54, 1.807) is 0 Å². The molecular formula is C13H16N2O3. The van der Waals surface area contributed by atoms with Crippen LogP contribution in [0.15, 0.2) is 18.3 Å². The fourth-order valence-corrected chi connectivity index (χ4v) is 2.30. The summed E-state index contributed by atoms with van der Waals surface area (Å²) in [7, 11) is 0. The molecule has 1 aromatic heterocycles. The Bertz CT molecular complexity index is 473. The molecule has 1 saturated carbocycles. The van der Waals surface area contributed by atoms with E-state index in [1.165, 1.54) is 18.3 Å². The summed E-state index contributed by atoms with van der Waals surface area (Å²) in [6, 6.07) is 3.03. The van der Waals surface area contributed by atoms with E-state index in [0.29, 0.717) is 11.5 Å². The predicted molar refractivity (Wildman–Crippen MR) is 65.5 cm³/mol. The van der Waals surface area contributed by atoms with Crippen molar-refractivity contribution < 1.29 is 14.7 Å². The molecule has 2 rings (SSSR count).